The van der Waals surface area contributed by atoms with Gasteiger partial charge in [-0.3, -0.25) is 0 Å². The molecule has 0 nitrogen and oxygen atoms in total. The van der Waals surface area contributed by atoms with Crippen molar-refractivity contribution in [2.45, 2.75) is 20.8 Å². The van der Waals surface area contributed by atoms with Crippen molar-refractivity contribution in [1.29, 1.82) is 0 Å². The third-order valence-electron chi connectivity index (χ3n) is 2.95. The standard InChI is InChI=1S/C15H14Cl2/c1-9-4-5-10(2)12(6-9)13-8-15(17)14(16)7-11(13)3/h4-8H,1-3H3. The molecule has 17 heavy (non-hydrogen) atoms. The normalized spacial score (nSPS) is 10.6. The lowest BCUT2D eigenvalue weighted by molar-refractivity contribution is 1.37. The summed E-state index contributed by atoms with van der Waals surface area (Å²) in [5.74, 6) is 0. The van der Waals surface area contributed by atoms with E-state index < -0.39 is 0 Å². The first-order valence-corrected chi connectivity index (χ1v) is 6.28. The van der Waals surface area contributed by atoms with Crippen LogP contribution in [-0.2, 0) is 0 Å². The lowest BCUT2D eigenvalue weighted by atomic mass is 9.95. The molecule has 88 valence electrons. The minimum atomic E-state index is 0.605. The fourth-order valence-corrected chi connectivity index (χ4v) is 2.34. The molecule has 2 rings (SSSR count). The molecular weight excluding hydrogens is 251 g/mol. The van der Waals surface area contributed by atoms with Gasteiger partial charge < -0.3 is 0 Å². The Morgan fingerprint density at radius 2 is 1.29 bits per heavy atom. The molecule has 2 aromatic rings. The predicted octanol–water partition coefficient (Wildman–Crippen LogP) is 5.59. The molecule has 0 aliphatic heterocycles. The summed E-state index contributed by atoms with van der Waals surface area (Å²) in [6.07, 6.45) is 0. The average Bonchev–Trinajstić information content (AvgIpc) is 2.27. The minimum absolute atomic E-state index is 0.605. The second kappa shape index (κ2) is 4.72. The Bertz CT molecular complexity index is 571. The summed E-state index contributed by atoms with van der Waals surface area (Å²) >= 11 is 12.1. The summed E-state index contributed by atoms with van der Waals surface area (Å²) in [5.41, 5.74) is 6.02. The van der Waals surface area contributed by atoms with Gasteiger partial charge >= 0.3 is 0 Å². The Morgan fingerprint density at radius 3 is 2.00 bits per heavy atom. The molecule has 0 fully saturated rings. The lowest BCUT2D eigenvalue weighted by Crippen LogP contribution is -1.89. The number of benzene rings is 2. The molecule has 0 bridgehead atoms. The summed E-state index contributed by atoms with van der Waals surface area (Å²) in [6, 6.07) is 10.3. The molecule has 2 aromatic carbocycles. The van der Waals surface area contributed by atoms with Gasteiger partial charge in [-0.2, -0.15) is 0 Å². The highest BCUT2D eigenvalue weighted by atomic mass is 35.5. The third-order valence-corrected chi connectivity index (χ3v) is 3.67. The van der Waals surface area contributed by atoms with Crippen LogP contribution < -0.4 is 0 Å². The van der Waals surface area contributed by atoms with Crippen LogP contribution in [0, 0.1) is 20.8 Å². The summed E-state index contributed by atoms with van der Waals surface area (Å²) in [7, 11) is 0. The Labute approximate surface area is 112 Å². The van der Waals surface area contributed by atoms with E-state index in [0.717, 1.165) is 11.1 Å². The Morgan fingerprint density at radius 1 is 0.706 bits per heavy atom. The zero-order valence-corrected chi connectivity index (χ0v) is 11.7. The summed E-state index contributed by atoms with van der Waals surface area (Å²) in [6.45, 7) is 6.26. The van der Waals surface area contributed by atoms with E-state index >= 15 is 0 Å². The van der Waals surface area contributed by atoms with Gasteiger partial charge in [0.05, 0.1) is 10.0 Å². The van der Waals surface area contributed by atoms with Crippen LogP contribution in [0.2, 0.25) is 10.0 Å². The van der Waals surface area contributed by atoms with Crippen molar-refractivity contribution in [3.63, 3.8) is 0 Å². The summed E-state index contributed by atoms with van der Waals surface area (Å²) in [4.78, 5) is 0. The number of halogens is 2. The SMILES string of the molecule is Cc1ccc(C)c(-c2cc(Cl)c(Cl)cc2C)c1. The zero-order chi connectivity index (χ0) is 12.6. The molecular formula is C15H14Cl2. The van der Waals surface area contributed by atoms with Crippen molar-refractivity contribution < 1.29 is 0 Å². The van der Waals surface area contributed by atoms with Crippen molar-refractivity contribution in [2.75, 3.05) is 0 Å². The highest BCUT2D eigenvalue weighted by Gasteiger charge is 2.08. The average molecular weight is 265 g/mol. The van der Waals surface area contributed by atoms with Gasteiger partial charge in [-0.15, -0.1) is 0 Å². The molecule has 0 aromatic heterocycles. The lowest BCUT2D eigenvalue weighted by Gasteiger charge is -2.12. The second-order valence-electron chi connectivity index (χ2n) is 4.40. The third kappa shape index (κ3) is 2.48. The number of aryl methyl sites for hydroxylation is 3. The van der Waals surface area contributed by atoms with Crippen LogP contribution >= 0.6 is 23.2 Å². The Kier molecular flexibility index (Phi) is 3.46. The van der Waals surface area contributed by atoms with E-state index in [9.17, 15) is 0 Å². The quantitative estimate of drug-likeness (QED) is 0.630. The molecule has 0 saturated heterocycles. The molecule has 0 saturated carbocycles. The smallest absolute Gasteiger partial charge is 0.0598 e. The zero-order valence-electron chi connectivity index (χ0n) is 10.1. The maximum absolute atomic E-state index is 6.10. The predicted molar refractivity (Wildman–Crippen MR) is 76.1 cm³/mol. The topological polar surface area (TPSA) is 0 Å². The highest BCUT2D eigenvalue weighted by molar-refractivity contribution is 6.42. The Balaban J connectivity index is 2.68. The van der Waals surface area contributed by atoms with E-state index in [1.807, 2.05) is 12.1 Å². The molecule has 0 amide bonds. The monoisotopic (exact) mass is 264 g/mol. The van der Waals surface area contributed by atoms with Gasteiger partial charge in [-0.25, -0.2) is 0 Å². The molecule has 0 aliphatic rings. The molecule has 0 atom stereocenters. The van der Waals surface area contributed by atoms with Gasteiger partial charge in [0.25, 0.3) is 0 Å². The van der Waals surface area contributed by atoms with Crippen LogP contribution in [0.1, 0.15) is 16.7 Å². The van der Waals surface area contributed by atoms with Crippen molar-refractivity contribution in [3.8, 4) is 11.1 Å². The molecule has 0 aliphatic carbocycles. The van der Waals surface area contributed by atoms with Crippen molar-refractivity contribution >= 4 is 23.2 Å². The van der Waals surface area contributed by atoms with Crippen LogP contribution in [0.25, 0.3) is 11.1 Å². The highest BCUT2D eigenvalue weighted by Crippen LogP contribution is 2.33. The van der Waals surface area contributed by atoms with Crippen molar-refractivity contribution in [1.82, 2.24) is 0 Å². The van der Waals surface area contributed by atoms with E-state index in [0.29, 0.717) is 10.0 Å². The maximum Gasteiger partial charge on any atom is 0.0598 e. The molecule has 2 heteroatoms. The Hall–Kier alpha value is -0.980. The number of hydrogen-bond acceptors (Lipinski definition) is 0. The van der Waals surface area contributed by atoms with E-state index in [2.05, 4.69) is 39.0 Å². The van der Waals surface area contributed by atoms with Crippen LogP contribution in [0.5, 0.6) is 0 Å². The first kappa shape index (κ1) is 12.5. The molecule has 0 radical (unpaired) electrons. The second-order valence-corrected chi connectivity index (χ2v) is 5.21. The molecule has 0 spiro atoms. The van der Waals surface area contributed by atoms with Gasteiger partial charge in [0.1, 0.15) is 0 Å². The molecule has 0 N–H and O–H groups in total. The van der Waals surface area contributed by atoms with Gasteiger partial charge in [0.15, 0.2) is 0 Å². The van der Waals surface area contributed by atoms with Crippen LogP contribution in [0.15, 0.2) is 30.3 Å². The van der Waals surface area contributed by atoms with E-state index in [4.69, 9.17) is 23.2 Å². The number of hydrogen-bond donors (Lipinski definition) is 0. The first-order chi connectivity index (χ1) is 7.99. The van der Waals surface area contributed by atoms with Crippen molar-refractivity contribution in [3.05, 3.63) is 57.1 Å². The van der Waals surface area contributed by atoms with Crippen LogP contribution in [-0.4, -0.2) is 0 Å². The fraction of sp³-hybridized carbons (Fsp3) is 0.200. The van der Waals surface area contributed by atoms with E-state index in [1.165, 1.54) is 16.7 Å². The molecule has 0 unspecified atom stereocenters. The first-order valence-electron chi connectivity index (χ1n) is 5.52. The van der Waals surface area contributed by atoms with Crippen molar-refractivity contribution in [2.24, 2.45) is 0 Å². The van der Waals surface area contributed by atoms with E-state index in [1.54, 1.807) is 0 Å². The maximum atomic E-state index is 6.10. The van der Waals surface area contributed by atoms with Gasteiger partial charge in [0.2, 0.25) is 0 Å². The van der Waals surface area contributed by atoms with Gasteiger partial charge in [0, 0.05) is 0 Å². The summed E-state index contributed by atoms with van der Waals surface area (Å²) < 4.78 is 0. The largest absolute Gasteiger partial charge is 0.0827 e. The van der Waals surface area contributed by atoms with Gasteiger partial charge in [-0.05, 0) is 55.2 Å². The van der Waals surface area contributed by atoms with E-state index in [-0.39, 0.29) is 0 Å². The number of rotatable bonds is 1. The van der Waals surface area contributed by atoms with Crippen LogP contribution in [0.4, 0.5) is 0 Å². The minimum Gasteiger partial charge on any atom is -0.0827 e. The fourth-order valence-electron chi connectivity index (χ4n) is 1.96. The summed E-state index contributed by atoms with van der Waals surface area (Å²) in [5, 5.41) is 1.21. The van der Waals surface area contributed by atoms with Crippen LogP contribution in [0.3, 0.4) is 0 Å². The molecule has 0 heterocycles. The van der Waals surface area contributed by atoms with Gasteiger partial charge in [-0.1, -0.05) is 47.0 Å².